The van der Waals surface area contributed by atoms with Crippen molar-refractivity contribution in [3.05, 3.63) is 172 Å². The summed E-state index contributed by atoms with van der Waals surface area (Å²) >= 11 is 23.0. The normalized spacial score (nSPS) is 36.0. The lowest BCUT2D eigenvalue weighted by atomic mass is 9.89. The third kappa shape index (κ3) is 26.9. The Kier molecular flexibility index (Phi) is 43.5. The number of hydrogen-bond donors (Lipinski definition) is 19. The third-order valence-corrected chi connectivity index (χ3v) is 26.7. The minimum absolute atomic E-state index is 0.0416. The number of aliphatic imine (C=N–C) groups is 5. The standard InChI is InChI=1S/C15H21ClFN3O4.C15H24FN3O3.C15H22FN3O3.C14H19ClFN3O4.C11H13ClF2N2O4.C11H14F2N2O4.C10H14ClFN4O3/c1-8(2)14(22)23-12-11(17)13(24-15(12,6-16)7-21)20-5-4-10(18)19-9(20)3;2*1-9(2)4-6-15(8-20)13(21)12(16)14(22-15)19-7-5-11(17)18-10(19)3;1-3-10(21)22-12-11(16)13(23-14(12,6-15)7-20)19-5-4-9(17)18-8(19)2;1-5-15-9(19)6(13)2-16(5)10-7(14)8(18)11(3-12,4-17)20-10;1-6-14-7(17)2-3-15(6)10-8(13)9(18)11(4-12,5-16)19-10;1-5-15-6(13)2-14-16(5)9-7(12)8(18)10(3-11,4-17)19-9/h4-5,8,11-13,21H,3,6-7H2,1-2H3,(H2,18,19);5,7,9,12-14,20-21H,3-4,6,8H2,1-2H3,(H2,17,18);4-7,9,12-14,20-21H,3,8H2,1-2H3,(H2,17,18);4-5,11-13,20H,2-3,6-7H2,1H3,(H2,17,18);2,7-8,10,17-18H,1,3-4H2,(H,15,19);2-3,8-10,16,18H,1,4-5H2,(H,14,17);2,7-9,17-18H,1,3-4H2,(H2,13,15)/b;;6-4+;;;;/t11-,12+,13-,15-;2*12-,13+,14-,15-;11-,12+,13-,14-;7-,8+,10-,11-;8-,9+,10-,11-;7-,8+,9-,10-/m1111111/s1. The monoisotopic (exact) mass is 2210 g/mol. The van der Waals surface area contributed by atoms with Gasteiger partial charge in [0.2, 0.25) is 5.83 Å². The van der Waals surface area contributed by atoms with Crippen LogP contribution in [0.2, 0.25) is 0 Å². The van der Waals surface area contributed by atoms with E-state index in [1.54, 1.807) is 26.8 Å². The van der Waals surface area contributed by atoms with Crippen molar-refractivity contribution >= 4 is 106 Å². The molecule has 58 heteroatoms. The summed E-state index contributed by atoms with van der Waals surface area (Å²) in [7, 11) is 0. The number of nitrogens with one attached hydrogen (secondary N) is 2. The van der Waals surface area contributed by atoms with Gasteiger partial charge in [0.05, 0.1) is 81.9 Å². The summed E-state index contributed by atoms with van der Waals surface area (Å²) < 4.78 is 176. The molecule has 7 fully saturated rings. The Morgan fingerprint density at radius 1 is 0.456 bits per heavy atom. The molecule has 0 spiro atoms. The smallest absolute Gasteiger partial charge is 0.308 e. The molecule has 0 radical (unpaired) electrons. The topological polar surface area (TPSA) is 645 Å². The lowest BCUT2D eigenvalue weighted by molar-refractivity contribution is -0.168. The minimum Gasteiger partial charge on any atom is -0.456 e. The van der Waals surface area contributed by atoms with Gasteiger partial charge in [0.25, 0.3) is 11.8 Å². The van der Waals surface area contributed by atoms with E-state index in [4.69, 9.17) is 123 Å². The second kappa shape index (κ2) is 52.3. The number of allylic oxidation sites excluding steroid dienone is 1. The van der Waals surface area contributed by atoms with Gasteiger partial charge in [0.1, 0.15) is 141 Å². The van der Waals surface area contributed by atoms with Gasteiger partial charge >= 0.3 is 11.9 Å². The highest BCUT2D eigenvalue weighted by atomic mass is 35.5. The number of amides is 2. The Morgan fingerprint density at radius 2 is 0.799 bits per heavy atom. The average molecular weight is 2210 g/mol. The molecular formula is C91H127Cl4F9N20O25. The van der Waals surface area contributed by atoms with Crippen LogP contribution < -0.4 is 39.3 Å². The van der Waals surface area contributed by atoms with Crippen LogP contribution in [0, 0.1) is 17.8 Å². The van der Waals surface area contributed by atoms with Crippen LogP contribution in [0.25, 0.3) is 0 Å². The van der Waals surface area contributed by atoms with Crippen LogP contribution in [0.4, 0.5) is 39.5 Å². The fourth-order valence-corrected chi connectivity index (χ4v) is 17.2. The largest absolute Gasteiger partial charge is 0.456 e. The van der Waals surface area contributed by atoms with Crippen LogP contribution in [0.3, 0.4) is 0 Å². The molecule has 149 heavy (non-hydrogen) atoms. The van der Waals surface area contributed by atoms with Gasteiger partial charge < -0.3 is 173 Å². The van der Waals surface area contributed by atoms with Crippen molar-refractivity contribution in [2.24, 2.45) is 76.5 Å². The number of rotatable bonds is 28. The molecule has 0 bridgehead atoms. The van der Waals surface area contributed by atoms with E-state index < -0.39 is 257 Å². The summed E-state index contributed by atoms with van der Waals surface area (Å²) in [5.74, 6) is -3.02. The number of hydrogen-bond acceptors (Lipinski definition) is 43. The first-order chi connectivity index (χ1) is 70.0. The summed E-state index contributed by atoms with van der Waals surface area (Å²) in [6.45, 7) is 32.4. The average Bonchev–Trinajstić information content (AvgIpc) is 1.60. The molecule has 0 saturated carbocycles. The van der Waals surface area contributed by atoms with E-state index in [0.29, 0.717) is 25.0 Å². The number of aliphatic hydroxyl groups is 12. The Balaban J connectivity index is 0.000000212. The number of aliphatic hydroxyl groups excluding tert-OH is 12. The van der Waals surface area contributed by atoms with Crippen LogP contribution in [-0.2, 0) is 61.8 Å². The van der Waals surface area contributed by atoms with E-state index in [9.17, 15) is 110 Å². The molecule has 0 aliphatic carbocycles. The SMILES string of the molecule is C=C1N=C(N)C=CN1[C@@H]1O[C@@](CO)(CCC(C)C)[C@@H](O)[C@H]1F.C=C1N=C(N)C=CN1[C@@H]1O[C@@](CO)(CCl)[C@@H](OC(=O)C(C)C)[C@H]1F.C=C1N=C(N)C=CN1[C@@H]1O[C@@](CO)(CCl)[C@@H](OC(=O)CC)[C@H]1F.C=C1N=C(N)C=CN1[C@@H]1O[C@](/C=C/C(C)C)(CO)[C@@H](O)[C@H]1F.C=C1N=C(N)C=NN1[C@@H]1O[C@@](CO)(CCl)[C@@H](O)[C@H]1F.C=C1NC(=O)C(F)=CN1[C@@H]1O[C@@](CO)(CCl)[C@@H](O)[C@H]1F.C=C1NC(=O)C=CN1[C@@H]1O[C@@](CO)(CF)[C@@H](O)[C@H]1F. The molecule has 14 aliphatic heterocycles. The predicted molar refractivity (Wildman–Crippen MR) is 524 cm³/mol. The molecule has 14 rings (SSSR count). The van der Waals surface area contributed by atoms with Crippen LogP contribution in [0.5, 0.6) is 0 Å². The quantitative estimate of drug-likeness (QED) is 0.0225. The molecule has 0 unspecified atom stereocenters. The summed E-state index contributed by atoms with van der Waals surface area (Å²) in [5.41, 5.74) is 16.5. The first-order valence-corrected chi connectivity index (χ1v) is 47.9. The number of alkyl halides is 12. The highest BCUT2D eigenvalue weighted by Crippen LogP contribution is 2.47. The van der Waals surface area contributed by atoms with E-state index in [-0.39, 0.29) is 106 Å². The zero-order chi connectivity index (χ0) is 112. The van der Waals surface area contributed by atoms with E-state index in [1.807, 2.05) is 27.7 Å². The molecule has 832 valence electrons. The first-order valence-electron chi connectivity index (χ1n) is 45.8. The maximum atomic E-state index is 15.0. The maximum Gasteiger partial charge on any atom is 0.308 e. The predicted octanol–water partition coefficient (Wildman–Crippen LogP) is 1.04. The number of halogens is 13. The zero-order valence-electron chi connectivity index (χ0n) is 81.8. The number of ether oxygens (including phenoxy) is 9. The molecule has 7 saturated heterocycles. The number of nitrogens with two attached hydrogens (primary N) is 5. The highest BCUT2D eigenvalue weighted by Gasteiger charge is 2.65. The summed E-state index contributed by atoms with van der Waals surface area (Å²) in [4.78, 5) is 72.6. The Bertz CT molecular complexity index is 5230. The Hall–Kier alpha value is -10.4. The van der Waals surface area contributed by atoms with Gasteiger partial charge in [0, 0.05) is 49.7 Å². The molecule has 14 aliphatic rings. The van der Waals surface area contributed by atoms with E-state index in [0.717, 1.165) is 20.9 Å². The second-order valence-corrected chi connectivity index (χ2v) is 37.6. The van der Waals surface area contributed by atoms with Crippen molar-refractivity contribution in [1.82, 2.24) is 45.0 Å². The highest BCUT2D eigenvalue weighted by molar-refractivity contribution is 6.29. The van der Waals surface area contributed by atoms with Gasteiger partial charge in [-0.25, -0.2) is 65.1 Å². The fourth-order valence-electron chi connectivity index (χ4n) is 16.0. The lowest BCUT2D eigenvalue weighted by Gasteiger charge is -2.33. The number of amidine groups is 5. The van der Waals surface area contributed by atoms with Gasteiger partial charge in [-0.05, 0) is 49.0 Å². The molecular weight excluding hydrogens is 2090 g/mol. The van der Waals surface area contributed by atoms with E-state index >= 15 is 4.39 Å². The molecule has 0 aromatic carbocycles. The number of esters is 2. The van der Waals surface area contributed by atoms with Gasteiger partial charge in [-0.1, -0.05) is 107 Å². The van der Waals surface area contributed by atoms with Gasteiger partial charge in [0.15, 0.2) is 105 Å². The number of nitrogens with zero attached hydrogens (tertiary/aromatic N) is 13. The van der Waals surface area contributed by atoms with Crippen molar-refractivity contribution < 1.29 is 163 Å². The van der Waals surface area contributed by atoms with Crippen LogP contribution in [0.15, 0.2) is 202 Å². The summed E-state index contributed by atoms with van der Waals surface area (Å²) in [6, 6.07) is 0. The van der Waals surface area contributed by atoms with Crippen molar-refractivity contribution in [1.29, 1.82) is 0 Å². The van der Waals surface area contributed by atoms with E-state index in [1.165, 1.54) is 87.2 Å². The number of carbonyl (C=O) groups excluding carboxylic acids is 4. The molecule has 14 heterocycles. The van der Waals surface area contributed by atoms with Crippen LogP contribution in [-0.4, -0.2) is 400 Å². The molecule has 28 atom stereocenters. The number of hydrazone groups is 1. The van der Waals surface area contributed by atoms with Crippen LogP contribution >= 0.6 is 46.4 Å². The maximum absolute atomic E-state index is 15.0. The van der Waals surface area contributed by atoms with Crippen LogP contribution in [0.1, 0.15) is 67.7 Å². The van der Waals surface area contributed by atoms with Crippen molar-refractivity contribution in [2.45, 2.75) is 236 Å². The lowest BCUT2D eigenvalue weighted by Crippen LogP contribution is -2.50. The minimum atomic E-state index is -2.00. The van der Waals surface area contributed by atoms with Gasteiger partial charge in [-0.15, -0.1) is 46.4 Å². The van der Waals surface area contributed by atoms with Gasteiger partial charge in [-0.3, -0.25) is 19.2 Å². The molecule has 0 aromatic heterocycles. The molecule has 24 N–H and O–H groups in total. The molecule has 45 nitrogen and oxygen atoms in total. The Morgan fingerprint density at radius 3 is 1.16 bits per heavy atom. The second-order valence-electron chi connectivity index (χ2n) is 36.5. The molecule has 0 aromatic rings. The molecule has 2 amide bonds. The zero-order valence-corrected chi connectivity index (χ0v) is 84.8. The van der Waals surface area contributed by atoms with Crippen molar-refractivity contribution in [3.63, 3.8) is 0 Å². The van der Waals surface area contributed by atoms with Gasteiger partial charge in [-0.2, -0.15) is 9.49 Å². The van der Waals surface area contributed by atoms with Crippen molar-refractivity contribution in [2.75, 3.05) is 76.4 Å². The third-order valence-electron chi connectivity index (χ3n) is 24.9. The van der Waals surface area contributed by atoms with E-state index in [2.05, 4.69) is 86.7 Å². The Labute approximate surface area is 870 Å². The summed E-state index contributed by atoms with van der Waals surface area (Å²) in [6.07, 6.45) is -11.6. The fraction of sp³-hybridized carbons (Fsp3) is 0.582. The summed E-state index contributed by atoms with van der Waals surface area (Å²) in [5, 5.41) is 125. The first kappa shape index (κ1) is 124. The number of carbonyl (C=O) groups is 4. The van der Waals surface area contributed by atoms with Crippen molar-refractivity contribution in [3.8, 4) is 0 Å².